The number of carbonyl (C=O) groups excluding carboxylic acids is 1. The smallest absolute Gasteiger partial charge is 0.324 e. The minimum atomic E-state index is -0.266. The summed E-state index contributed by atoms with van der Waals surface area (Å²) < 4.78 is 5.18. The van der Waals surface area contributed by atoms with Crippen molar-refractivity contribution in [1.82, 2.24) is 15.1 Å². The molecule has 0 fully saturated rings. The molecule has 1 aromatic heterocycles. The van der Waals surface area contributed by atoms with Crippen LogP contribution >= 0.6 is 11.3 Å². The summed E-state index contributed by atoms with van der Waals surface area (Å²) in [5.41, 5.74) is 3.50. The van der Waals surface area contributed by atoms with E-state index >= 15 is 0 Å². The average Bonchev–Trinajstić information content (AvgIpc) is 3.39. The van der Waals surface area contributed by atoms with Crippen LogP contribution in [0.2, 0.25) is 0 Å². The number of hydrogen-bond acceptors (Lipinski definition) is 6. The van der Waals surface area contributed by atoms with Gasteiger partial charge in [0.2, 0.25) is 5.13 Å². The van der Waals surface area contributed by atoms with Crippen molar-refractivity contribution >= 4 is 22.5 Å². The lowest BCUT2D eigenvalue weighted by molar-refractivity contribution is 0.162. The lowest BCUT2D eigenvalue weighted by Crippen LogP contribution is -2.39. The number of methoxy groups -OCH3 is 1. The van der Waals surface area contributed by atoms with Crippen molar-refractivity contribution in [2.45, 2.75) is 25.3 Å². The number of nitrogens with one attached hydrogen (secondary N) is 1. The molecule has 1 aliphatic carbocycles. The summed E-state index contributed by atoms with van der Waals surface area (Å²) in [6.45, 7) is 0.174. The lowest BCUT2D eigenvalue weighted by Gasteiger charge is -2.28. The molecule has 1 atom stereocenters. The molecule has 2 N–H and O–H groups in total. The Morgan fingerprint density at radius 1 is 1.23 bits per heavy atom. The Morgan fingerprint density at radius 2 is 2.03 bits per heavy atom. The van der Waals surface area contributed by atoms with Gasteiger partial charge in [0.15, 0.2) is 0 Å². The second-order valence-electron chi connectivity index (χ2n) is 7.13. The van der Waals surface area contributed by atoms with Crippen molar-refractivity contribution in [2.75, 3.05) is 25.6 Å². The van der Waals surface area contributed by atoms with Crippen LogP contribution in [0.25, 0.3) is 0 Å². The molecule has 0 spiro atoms. The first-order valence-electron chi connectivity index (χ1n) is 9.89. The van der Waals surface area contributed by atoms with E-state index in [1.807, 2.05) is 36.4 Å². The number of urea groups is 1. The van der Waals surface area contributed by atoms with E-state index in [0.717, 1.165) is 34.7 Å². The summed E-state index contributed by atoms with van der Waals surface area (Å²) in [6, 6.07) is 15.6. The van der Waals surface area contributed by atoms with Crippen LogP contribution < -0.4 is 10.1 Å². The molecule has 30 heavy (non-hydrogen) atoms. The minimum Gasteiger partial charge on any atom is -0.497 e. The quantitative estimate of drug-likeness (QED) is 0.605. The number of aliphatic hydroxyl groups excluding tert-OH is 1. The molecule has 0 saturated carbocycles. The zero-order chi connectivity index (χ0) is 20.9. The van der Waals surface area contributed by atoms with E-state index in [1.165, 1.54) is 16.9 Å². The fraction of sp³-hybridized carbons (Fsp3) is 0.318. The number of ether oxygens (including phenoxy) is 1. The highest BCUT2D eigenvalue weighted by atomic mass is 32.1. The Labute approximate surface area is 179 Å². The fourth-order valence-electron chi connectivity index (χ4n) is 3.82. The number of aliphatic hydroxyl groups is 1. The van der Waals surface area contributed by atoms with Gasteiger partial charge in [-0.3, -0.25) is 5.32 Å². The molecule has 2 amide bonds. The van der Waals surface area contributed by atoms with Crippen molar-refractivity contribution in [2.24, 2.45) is 0 Å². The van der Waals surface area contributed by atoms with Gasteiger partial charge in [-0.15, -0.1) is 10.2 Å². The maximum absolute atomic E-state index is 13.0. The van der Waals surface area contributed by atoms with Gasteiger partial charge in [0.1, 0.15) is 10.8 Å². The largest absolute Gasteiger partial charge is 0.497 e. The summed E-state index contributed by atoms with van der Waals surface area (Å²) in [6.07, 6.45) is 2.42. The van der Waals surface area contributed by atoms with Gasteiger partial charge in [-0.05, 0) is 41.7 Å². The van der Waals surface area contributed by atoms with Gasteiger partial charge in [0.25, 0.3) is 0 Å². The molecule has 0 bridgehead atoms. The van der Waals surface area contributed by atoms with Gasteiger partial charge >= 0.3 is 6.03 Å². The first-order valence-corrected chi connectivity index (χ1v) is 10.7. The Hall–Kier alpha value is -2.97. The first kappa shape index (κ1) is 20.3. The van der Waals surface area contributed by atoms with Gasteiger partial charge in [-0.25, -0.2) is 4.79 Å². The van der Waals surface area contributed by atoms with Crippen molar-refractivity contribution in [1.29, 1.82) is 0 Å². The fourth-order valence-corrected chi connectivity index (χ4v) is 4.59. The maximum Gasteiger partial charge on any atom is 0.324 e. The van der Waals surface area contributed by atoms with Crippen LogP contribution in [0.1, 0.15) is 34.2 Å². The summed E-state index contributed by atoms with van der Waals surface area (Å²) >= 11 is 1.36. The number of amides is 2. The van der Waals surface area contributed by atoms with Gasteiger partial charge in [0, 0.05) is 13.0 Å². The van der Waals surface area contributed by atoms with E-state index in [4.69, 9.17) is 4.74 Å². The second kappa shape index (κ2) is 9.23. The van der Waals surface area contributed by atoms with Crippen LogP contribution in [-0.2, 0) is 12.8 Å². The molecule has 0 aliphatic heterocycles. The van der Waals surface area contributed by atoms with Crippen LogP contribution in [0, 0.1) is 0 Å². The third kappa shape index (κ3) is 4.44. The summed E-state index contributed by atoms with van der Waals surface area (Å²) in [4.78, 5) is 14.7. The highest BCUT2D eigenvalue weighted by Gasteiger charge is 2.31. The Bertz CT molecular complexity index is 1010. The monoisotopic (exact) mass is 424 g/mol. The zero-order valence-electron chi connectivity index (χ0n) is 16.7. The van der Waals surface area contributed by atoms with Gasteiger partial charge in [-0.1, -0.05) is 47.7 Å². The molecule has 4 rings (SSSR count). The van der Waals surface area contributed by atoms with Gasteiger partial charge in [0.05, 0.1) is 19.8 Å². The van der Waals surface area contributed by atoms with Crippen LogP contribution in [0.4, 0.5) is 9.93 Å². The van der Waals surface area contributed by atoms with E-state index in [9.17, 15) is 9.90 Å². The predicted molar refractivity (Wildman–Crippen MR) is 116 cm³/mol. The van der Waals surface area contributed by atoms with Crippen LogP contribution in [0.15, 0.2) is 48.5 Å². The highest BCUT2D eigenvalue weighted by molar-refractivity contribution is 7.15. The number of carbonyl (C=O) groups is 1. The first-order chi connectivity index (χ1) is 14.7. The number of nitrogens with zero attached hydrogens (tertiary/aromatic N) is 3. The number of rotatable bonds is 7. The molecule has 2 aromatic carbocycles. The predicted octanol–water partition coefficient (Wildman–Crippen LogP) is 3.65. The third-order valence-electron chi connectivity index (χ3n) is 5.27. The average molecular weight is 425 g/mol. The normalized spacial score (nSPS) is 14.9. The topological polar surface area (TPSA) is 87.6 Å². The molecular formula is C22H24N4O3S. The highest BCUT2D eigenvalue weighted by Crippen LogP contribution is 2.36. The Balaban J connectivity index is 1.43. The van der Waals surface area contributed by atoms with Gasteiger partial charge < -0.3 is 14.7 Å². The molecular weight excluding hydrogens is 400 g/mol. The van der Waals surface area contributed by atoms with Crippen molar-refractivity contribution in [3.05, 3.63) is 70.2 Å². The SMILES string of the molecule is COc1ccc(Cc2nnc(NC(=O)N(CCO)[C@@H]3CCc4ccccc43)s2)cc1. The number of anilines is 1. The molecule has 0 saturated heterocycles. The second-order valence-corrected chi connectivity index (χ2v) is 8.19. The maximum atomic E-state index is 13.0. The third-order valence-corrected chi connectivity index (χ3v) is 6.11. The summed E-state index contributed by atoms with van der Waals surface area (Å²) in [5.74, 6) is 0.807. The van der Waals surface area contributed by atoms with Crippen LogP contribution in [0.3, 0.4) is 0 Å². The lowest BCUT2D eigenvalue weighted by atomic mass is 10.1. The van der Waals surface area contributed by atoms with Gasteiger partial charge in [-0.2, -0.15) is 0 Å². The Morgan fingerprint density at radius 3 is 2.80 bits per heavy atom. The summed E-state index contributed by atoms with van der Waals surface area (Å²) in [5, 5.41) is 22.0. The molecule has 7 nitrogen and oxygen atoms in total. The standard InChI is InChI=1S/C22H24N4O3S/c1-29-17-9-6-15(7-10-17)14-20-24-25-21(30-20)23-22(28)26(12-13-27)19-11-8-16-4-2-3-5-18(16)19/h2-7,9-10,19,27H,8,11-14H2,1H3,(H,23,25,28)/t19-/m1/s1. The minimum absolute atomic E-state index is 0.0416. The number of benzene rings is 2. The van der Waals surface area contributed by atoms with E-state index in [2.05, 4.69) is 27.6 Å². The number of hydrogen-bond donors (Lipinski definition) is 2. The number of aromatic nitrogens is 2. The molecule has 1 aliphatic rings. The summed E-state index contributed by atoms with van der Waals surface area (Å²) in [7, 11) is 1.64. The van der Waals surface area contributed by atoms with Crippen LogP contribution in [0.5, 0.6) is 5.75 Å². The molecule has 8 heteroatoms. The van der Waals surface area contributed by atoms with Crippen molar-refractivity contribution in [3.63, 3.8) is 0 Å². The molecule has 0 radical (unpaired) electrons. The van der Waals surface area contributed by atoms with E-state index in [-0.39, 0.29) is 25.2 Å². The number of aryl methyl sites for hydroxylation is 1. The number of fused-ring (bicyclic) bond motifs is 1. The van der Waals surface area contributed by atoms with E-state index in [0.29, 0.717) is 11.6 Å². The molecule has 1 heterocycles. The molecule has 156 valence electrons. The van der Waals surface area contributed by atoms with Crippen LogP contribution in [-0.4, -0.2) is 46.5 Å². The zero-order valence-corrected chi connectivity index (χ0v) is 17.6. The van der Waals surface area contributed by atoms with Crippen molar-refractivity contribution in [3.8, 4) is 5.75 Å². The Kier molecular flexibility index (Phi) is 6.25. The molecule has 0 unspecified atom stereocenters. The molecule has 3 aromatic rings. The van der Waals surface area contributed by atoms with E-state index < -0.39 is 0 Å². The van der Waals surface area contributed by atoms with E-state index in [1.54, 1.807) is 12.0 Å². The van der Waals surface area contributed by atoms with Crippen molar-refractivity contribution < 1.29 is 14.6 Å².